The molecule has 0 bridgehead atoms. The van der Waals surface area contributed by atoms with Crippen molar-refractivity contribution in [3.05, 3.63) is 88.3 Å². The van der Waals surface area contributed by atoms with E-state index in [4.69, 9.17) is 11.6 Å². The zero-order valence-corrected chi connectivity index (χ0v) is 14.6. The minimum Gasteiger partial charge on any atom is -0.508 e. The van der Waals surface area contributed by atoms with Gasteiger partial charge in [-0.3, -0.25) is 4.79 Å². The predicted octanol–water partition coefficient (Wildman–Crippen LogP) is 6.16. The van der Waals surface area contributed by atoms with Crippen LogP contribution in [-0.2, 0) is 0 Å². The molecule has 0 amide bonds. The normalized spacial score (nSPS) is 10.9. The number of ketones is 1. The minimum atomic E-state index is -0.0676. The van der Waals surface area contributed by atoms with E-state index >= 15 is 0 Å². The molecule has 4 rings (SSSR count). The second kappa shape index (κ2) is 6.36. The molecule has 25 heavy (non-hydrogen) atoms. The van der Waals surface area contributed by atoms with Crippen LogP contribution in [-0.4, -0.2) is 10.9 Å². The molecule has 0 spiro atoms. The number of carbonyl (C=O) groups is 1. The number of aromatic hydroxyl groups is 1. The lowest BCUT2D eigenvalue weighted by atomic mass is 9.98. The number of thiophene rings is 1. The number of hydrogen-bond acceptors (Lipinski definition) is 3. The molecule has 4 heteroatoms. The number of phenols is 1. The molecular formula is C21H13ClO2S. The molecule has 4 aromatic rings. The van der Waals surface area contributed by atoms with Crippen molar-refractivity contribution in [2.75, 3.05) is 0 Å². The molecule has 0 aliphatic carbocycles. The maximum atomic E-state index is 13.1. The topological polar surface area (TPSA) is 37.3 Å². The van der Waals surface area contributed by atoms with Crippen LogP contribution in [0.1, 0.15) is 15.2 Å². The molecule has 0 atom stereocenters. The molecule has 122 valence electrons. The van der Waals surface area contributed by atoms with Crippen molar-refractivity contribution in [2.24, 2.45) is 0 Å². The first-order chi connectivity index (χ1) is 12.1. The molecule has 1 N–H and O–H groups in total. The van der Waals surface area contributed by atoms with Crippen molar-refractivity contribution in [3.8, 4) is 16.9 Å². The number of rotatable bonds is 3. The molecule has 0 radical (unpaired) electrons. The molecule has 0 saturated heterocycles. The summed E-state index contributed by atoms with van der Waals surface area (Å²) in [5, 5.41) is 11.3. The fourth-order valence-electron chi connectivity index (χ4n) is 2.90. The van der Waals surface area contributed by atoms with E-state index in [1.165, 1.54) is 11.3 Å². The summed E-state index contributed by atoms with van der Waals surface area (Å²) in [5.41, 5.74) is 2.43. The van der Waals surface area contributed by atoms with Crippen LogP contribution in [0, 0.1) is 0 Å². The Balaban J connectivity index is 1.98. The SMILES string of the molecule is O=C(c1cccc(Cl)c1)c1sc2cc(O)ccc2c1-c1ccccc1. The second-order valence-electron chi connectivity index (χ2n) is 5.69. The van der Waals surface area contributed by atoms with Gasteiger partial charge in [-0.15, -0.1) is 11.3 Å². The zero-order chi connectivity index (χ0) is 17.4. The summed E-state index contributed by atoms with van der Waals surface area (Å²) in [6.07, 6.45) is 0. The first-order valence-electron chi connectivity index (χ1n) is 7.75. The average molecular weight is 365 g/mol. The van der Waals surface area contributed by atoms with Gasteiger partial charge >= 0.3 is 0 Å². The van der Waals surface area contributed by atoms with Crippen LogP contribution in [0.4, 0.5) is 0 Å². The molecule has 1 heterocycles. The Labute approximate surface area is 153 Å². The van der Waals surface area contributed by atoms with E-state index in [1.807, 2.05) is 36.4 Å². The molecule has 1 aromatic heterocycles. The minimum absolute atomic E-state index is 0.0676. The first-order valence-corrected chi connectivity index (χ1v) is 8.94. The molecule has 0 unspecified atom stereocenters. The standard InChI is InChI=1S/C21H13ClO2S/c22-15-8-4-7-14(11-15)20(24)21-19(13-5-2-1-3-6-13)17-10-9-16(23)12-18(17)25-21/h1-12,23H. The Morgan fingerprint density at radius 1 is 0.920 bits per heavy atom. The van der Waals surface area contributed by atoms with Crippen LogP contribution < -0.4 is 0 Å². The van der Waals surface area contributed by atoms with Crippen molar-refractivity contribution in [3.63, 3.8) is 0 Å². The summed E-state index contributed by atoms with van der Waals surface area (Å²) in [6.45, 7) is 0. The lowest BCUT2D eigenvalue weighted by Gasteiger charge is -2.05. The number of halogens is 1. The largest absolute Gasteiger partial charge is 0.508 e. The Morgan fingerprint density at radius 2 is 1.72 bits per heavy atom. The van der Waals surface area contributed by atoms with Gasteiger partial charge in [0, 0.05) is 26.2 Å². The fourth-order valence-corrected chi connectivity index (χ4v) is 4.31. The highest BCUT2D eigenvalue weighted by Gasteiger charge is 2.21. The Bertz CT molecular complexity index is 1080. The van der Waals surface area contributed by atoms with E-state index in [0.717, 1.165) is 21.2 Å². The van der Waals surface area contributed by atoms with Crippen molar-refractivity contribution < 1.29 is 9.90 Å². The first kappa shape index (κ1) is 15.9. The summed E-state index contributed by atoms with van der Waals surface area (Å²) >= 11 is 7.44. The van der Waals surface area contributed by atoms with Crippen LogP contribution in [0.2, 0.25) is 5.02 Å². The Hall–Kier alpha value is -2.62. The molecular weight excluding hydrogens is 352 g/mol. The van der Waals surface area contributed by atoms with Crippen LogP contribution >= 0.6 is 22.9 Å². The summed E-state index contributed by atoms with van der Waals surface area (Å²) in [7, 11) is 0. The highest BCUT2D eigenvalue weighted by atomic mass is 35.5. The number of hydrogen-bond donors (Lipinski definition) is 1. The van der Waals surface area contributed by atoms with Gasteiger partial charge in [0.05, 0.1) is 4.88 Å². The number of carbonyl (C=O) groups excluding carboxylic acids is 1. The molecule has 2 nitrogen and oxygen atoms in total. The Kier molecular flexibility index (Phi) is 4.04. The van der Waals surface area contributed by atoms with E-state index in [-0.39, 0.29) is 11.5 Å². The van der Waals surface area contributed by atoms with Gasteiger partial charge in [0.25, 0.3) is 0 Å². The third kappa shape index (κ3) is 2.93. The maximum Gasteiger partial charge on any atom is 0.203 e. The zero-order valence-electron chi connectivity index (χ0n) is 13.1. The van der Waals surface area contributed by atoms with Gasteiger partial charge in [-0.05, 0) is 35.9 Å². The van der Waals surface area contributed by atoms with Crippen LogP contribution in [0.25, 0.3) is 21.2 Å². The van der Waals surface area contributed by atoms with Gasteiger partial charge in [0.1, 0.15) is 5.75 Å². The van der Waals surface area contributed by atoms with Crippen LogP contribution in [0.15, 0.2) is 72.8 Å². The highest BCUT2D eigenvalue weighted by Crippen LogP contribution is 2.41. The molecule has 3 aromatic carbocycles. The lowest BCUT2D eigenvalue weighted by molar-refractivity contribution is 0.104. The smallest absolute Gasteiger partial charge is 0.203 e. The van der Waals surface area contributed by atoms with E-state index in [9.17, 15) is 9.90 Å². The molecule has 0 aliphatic rings. The number of phenolic OH excluding ortho intramolecular Hbond substituents is 1. The van der Waals surface area contributed by atoms with Crippen LogP contribution in [0.5, 0.6) is 5.75 Å². The van der Waals surface area contributed by atoms with Gasteiger partial charge in [-0.1, -0.05) is 54.1 Å². The fraction of sp³-hybridized carbons (Fsp3) is 0. The van der Waals surface area contributed by atoms with Gasteiger partial charge in [0.2, 0.25) is 5.78 Å². The van der Waals surface area contributed by atoms with Crippen molar-refractivity contribution >= 4 is 38.8 Å². The van der Waals surface area contributed by atoms with Gasteiger partial charge in [-0.25, -0.2) is 0 Å². The number of benzene rings is 3. The molecule has 0 fully saturated rings. The van der Waals surface area contributed by atoms with Gasteiger partial charge < -0.3 is 5.11 Å². The van der Waals surface area contributed by atoms with Gasteiger partial charge in [-0.2, -0.15) is 0 Å². The van der Waals surface area contributed by atoms with Crippen molar-refractivity contribution in [2.45, 2.75) is 0 Å². The van der Waals surface area contributed by atoms with E-state index < -0.39 is 0 Å². The summed E-state index contributed by atoms with van der Waals surface area (Å²) < 4.78 is 0.879. The highest BCUT2D eigenvalue weighted by molar-refractivity contribution is 7.21. The van der Waals surface area contributed by atoms with Crippen molar-refractivity contribution in [1.29, 1.82) is 0 Å². The summed E-state index contributed by atoms with van der Waals surface area (Å²) in [4.78, 5) is 13.8. The Morgan fingerprint density at radius 3 is 2.48 bits per heavy atom. The van der Waals surface area contributed by atoms with E-state index in [2.05, 4.69) is 0 Å². The van der Waals surface area contributed by atoms with Crippen LogP contribution in [0.3, 0.4) is 0 Å². The van der Waals surface area contributed by atoms with E-state index in [1.54, 1.807) is 36.4 Å². The van der Waals surface area contributed by atoms with Gasteiger partial charge in [0.15, 0.2) is 0 Å². The number of fused-ring (bicyclic) bond motifs is 1. The third-order valence-electron chi connectivity index (χ3n) is 4.03. The summed E-state index contributed by atoms with van der Waals surface area (Å²) in [5.74, 6) is 0.122. The lowest BCUT2D eigenvalue weighted by Crippen LogP contribution is -2.00. The quantitative estimate of drug-likeness (QED) is 0.442. The summed E-state index contributed by atoms with van der Waals surface area (Å²) in [6, 6.07) is 22.0. The maximum absolute atomic E-state index is 13.1. The monoisotopic (exact) mass is 364 g/mol. The second-order valence-corrected chi connectivity index (χ2v) is 7.18. The average Bonchev–Trinajstić information content (AvgIpc) is 3.00. The molecule has 0 saturated carbocycles. The third-order valence-corrected chi connectivity index (χ3v) is 5.42. The predicted molar refractivity (Wildman–Crippen MR) is 104 cm³/mol. The van der Waals surface area contributed by atoms with Crippen molar-refractivity contribution in [1.82, 2.24) is 0 Å². The molecule has 0 aliphatic heterocycles. The van der Waals surface area contributed by atoms with E-state index in [0.29, 0.717) is 15.5 Å².